The van der Waals surface area contributed by atoms with Crippen LogP contribution >= 0.6 is 0 Å². The summed E-state index contributed by atoms with van der Waals surface area (Å²) in [7, 11) is 0. The van der Waals surface area contributed by atoms with Gasteiger partial charge in [0.05, 0.1) is 5.41 Å². The minimum absolute atomic E-state index is 0.121. The maximum atomic E-state index is 11.1. The molecule has 4 nitrogen and oxygen atoms in total. The molecule has 1 fully saturated rings. The summed E-state index contributed by atoms with van der Waals surface area (Å²) in [4.78, 5) is 21.7. The Morgan fingerprint density at radius 3 is 2.41 bits per heavy atom. The van der Waals surface area contributed by atoms with E-state index < -0.39 is 11.4 Å². The van der Waals surface area contributed by atoms with Crippen LogP contribution in [0.5, 0.6) is 0 Å². The summed E-state index contributed by atoms with van der Waals surface area (Å²) in [6.45, 7) is 6.42. The second-order valence-corrected chi connectivity index (χ2v) is 9.47. The van der Waals surface area contributed by atoms with E-state index in [2.05, 4.69) is 25.1 Å². The number of aliphatic carboxylic acids is 1. The SMILES string of the molecule is Cc1cc(CCCCCCC(C)(C)C(=O)O)ccc1CCCCC1(OC=O)CC1. The van der Waals surface area contributed by atoms with Gasteiger partial charge in [-0.25, -0.2) is 0 Å². The minimum Gasteiger partial charge on any atom is -0.481 e. The molecule has 0 spiro atoms. The van der Waals surface area contributed by atoms with Gasteiger partial charge in [0, 0.05) is 0 Å². The molecule has 1 N–H and O–H groups in total. The number of ether oxygens (including phenoxy) is 1. The van der Waals surface area contributed by atoms with Crippen LogP contribution in [0.15, 0.2) is 18.2 Å². The molecule has 0 aliphatic heterocycles. The molecule has 4 heteroatoms. The van der Waals surface area contributed by atoms with Crippen molar-refractivity contribution >= 4 is 12.4 Å². The predicted octanol–water partition coefficient (Wildman–Crippen LogP) is 6.02. The summed E-state index contributed by atoms with van der Waals surface area (Å²) in [6, 6.07) is 6.85. The summed E-state index contributed by atoms with van der Waals surface area (Å²) >= 11 is 0. The third kappa shape index (κ3) is 7.83. The van der Waals surface area contributed by atoms with Gasteiger partial charge in [-0.05, 0) is 95.2 Å². The van der Waals surface area contributed by atoms with Gasteiger partial charge >= 0.3 is 5.97 Å². The van der Waals surface area contributed by atoms with Crippen molar-refractivity contribution in [3.63, 3.8) is 0 Å². The van der Waals surface area contributed by atoms with Crippen molar-refractivity contribution in [2.24, 2.45) is 5.41 Å². The van der Waals surface area contributed by atoms with Crippen molar-refractivity contribution in [2.75, 3.05) is 0 Å². The summed E-state index contributed by atoms with van der Waals surface area (Å²) < 4.78 is 5.21. The van der Waals surface area contributed by atoms with Crippen LogP contribution < -0.4 is 0 Å². The lowest BCUT2D eigenvalue weighted by molar-refractivity contribution is -0.147. The van der Waals surface area contributed by atoms with Crippen molar-refractivity contribution in [3.8, 4) is 0 Å². The summed E-state index contributed by atoms with van der Waals surface area (Å²) in [5.41, 5.74) is 3.47. The topological polar surface area (TPSA) is 63.6 Å². The van der Waals surface area contributed by atoms with Gasteiger partial charge in [-0.15, -0.1) is 0 Å². The molecule has 1 aliphatic carbocycles. The smallest absolute Gasteiger partial charge is 0.309 e. The van der Waals surface area contributed by atoms with Gasteiger partial charge in [-0.2, -0.15) is 0 Å². The fourth-order valence-corrected chi connectivity index (χ4v) is 3.98. The summed E-state index contributed by atoms with van der Waals surface area (Å²) in [5.74, 6) is -0.700. The van der Waals surface area contributed by atoms with Crippen LogP contribution in [0.2, 0.25) is 0 Å². The Labute approximate surface area is 176 Å². The van der Waals surface area contributed by atoms with E-state index in [1.165, 1.54) is 16.7 Å². The molecule has 0 bridgehead atoms. The van der Waals surface area contributed by atoms with Gasteiger partial charge in [0.25, 0.3) is 6.47 Å². The number of carboxylic acid groups (broad SMARTS) is 1. The van der Waals surface area contributed by atoms with Crippen molar-refractivity contribution in [1.82, 2.24) is 0 Å². The Bertz CT molecular complexity index is 673. The number of carbonyl (C=O) groups is 2. The molecule has 0 heterocycles. The van der Waals surface area contributed by atoms with Crippen LogP contribution in [0.3, 0.4) is 0 Å². The molecule has 1 saturated carbocycles. The van der Waals surface area contributed by atoms with Gasteiger partial charge < -0.3 is 9.84 Å². The molecule has 0 atom stereocenters. The molecular formula is C25H38O4. The van der Waals surface area contributed by atoms with Crippen LogP contribution in [0.1, 0.15) is 94.7 Å². The van der Waals surface area contributed by atoms with E-state index in [1.807, 2.05) is 13.8 Å². The van der Waals surface area contributed by atoms with Crippen LogP contribution in [-0.2, 0) is 27.2 Å². The average molecular weight is 403 g/mol. The molecule has 0 saturated heterocycles. The molecule has 0 radical (unpaired) electrons. The van der Waals surface area contributed by atoms with E-state index in [-0.39, 0.29) is 5.60 Å². The quantitative estimate of drug-likeness (QED) is 0.288. The molecule has 0 amide bonds. The highest BCUT2D eigenvalue weighted by atomic mass is 16.5. The number of hydrogen-bond donors (Lipinski definition) is 1. The van der Waals surface area contributed by atoms with E-state index in [9.17, 15) is 9.59 Å². The third-order valence-corrected chi connectivity index (χ3v) is 6.44. The molecule has 29 heavy (non-hydrogen) atoms. The first-order chi connectivity index (χ1) is 13.8. The number of hydrogen-bond acceptors (Lipinski definition) is 3. The maximum Gasteiger partial charge on any atom is 0.309 e. The number of aryl methyl sites for hydroxylation is 3. The van der Waals surface area contributed by atoms with E-state index in [0.29, 0.717) is 6.47 Å². The normalized spacial score (nSPS) is 15.1. The Kier molecular flexibility index (Phi) is 8.73. The number of carboxylic acids is 1. The van der Waals surface area contributed by atoms with E-state index >= 15 is 0 Å². The fourth-order valence-electron chi connectivity index (χ4n) is 3.98. The molecule has 0 unspecified atom stereocenters. The van der Waals surface area contributed by atoms with Crippen LogP contribution in [0.4, 0.5) is 0 Å². The maximum absolute atomic E-state index is 11.1. The molecule has 162 valence electrons. The van der Waals surface area contributed by atoms with E-state index in [4.69, 9.17) is 9.84 Å². The second-order valence-electron chi connectivity index (χ2n) is 9.47. The highest BCUT2D eigenvalue weighted by Gasteiger charge is 2.44. The number of benzene rings is 1. The van der Waals surface area contributed by atoms with E-state index in [1.54, 1.807) is 0 Å². The Morgan fingerprint density at radius 1 is 1.10 bits per heavy atom. The standard InChI is InChI=1S/C25H38O4/c1-20-18-21(10-6-4-5-8-14-24(2,3)23(27)28)12-13-22(20)11-7-9-15-25(16-17-25)29-19-26/h12-13,18-19H,4-11,14-17H2,1-3H3,(H,27,28). The first-order valence-corrected chi connectivity index (χ1v) is 11.2. The predicted molar refractivity (Wildman–Crippen MR) is 116 cm³/mol. The monoisotopic (exact) mass is 402 g/mol. The van der Waals surface area contributed by atoms with Crippen LogP contribution in [0, 0.1) is 12.3 Å². The van der Waals surface area contributed by atoms with Crippen molar-refractivity contribution in [3.05, 3.63) is 34.9 Å². The van der Waals surface area contributed by atoms with Crippen LogP contribution in [-0.4, -0.2) is 23.1 Å². The second kappa shape index (κ2) is 10.8. The molecule has 1 aliphatic rings. The van der Waals surface area contributed by atoms with Gasteiger partial charge in [0.1, 0.15) is 5.60 Å². The molecule has 1 aromatic carbocycles. The number of rotatable bonds is 15. The Hall–Kier alpha value is -1.84. The van der Waals surface area contributed by atoms with E-state index in [0.717, 1.165) is 77.0 Å². The van der Waals surface area contributed by atoms with Gasteiger partial charge in [-0.1, -0.05) is 37.5 Å². The lowest BCUT2D eigenvalue weighted by Crippen LogP contribution is -2.23. The number of unbranched alkanes of at least 4 members (excludes halogenated alkanes) is 4. The van der Waals surface area contributed by atoms with Crippen molar-refractivity contribution < 1.29 is 19.4 Å². The third-order valence-electron chi connectivity index (χ3n) is 6.44. The lowest BCUT2D eigenvalue weighted by atomic mass is 9.87. The largest absolute Gasteiger partial charge is 0.481 e. The summed E-state index contributed by atoms with van der Waals surface area (Å²) in [5, 5.41) is 9.15. The average Bonchev–Trinajstić information content (AvgIpc) is 3.43. The van der Waals surface area contributed by atoms with Crippen molar-refractivity contribution in [2.45, 2.75) is 103 Å². The van der Waals surface area contributed by atoms with Gasteiger partial charge in [0.15, 0.2) is 0 Å². The summed E-state index contributed by atoms with van der Waals surface area (Å²) in [6.07, 6.45) is 12.6. The number of carbonyl (C=O) groups excluding carboxylic acids is 1. The highest BCUT2D eigenvalue weighted by Crippen LogP contribution is 2.43. The highest BCUT2D eigenvalue weighted by molar-refractivity contribution is 5.73. The molecule has 2 rings (SSSR count). The fraction of sp³-hybridized carbons (Fsp3) is 0.680. The van der Waals surface area contributed by atoms with Crippen molar-refractivity contribution in [1.29, 1.82) is 0 Å². The van der Waals surface area contributed by atoms with Crippen LogP contribution in [0.25, 0.3) is 0 Å². The first-order valence-electron chi connectivity index (χ1n) is 11.2. The minimum atomic E-state index is -0.700. The lowest BCUT2D eigenvalue weighted by Gasteiger charge is -2.18. The van der Waals surface area contributed by atoms with Gasteiger partial charge in [0.2, 0.25) is 0 Å². The van der Waals surface area contributed by atoms with Gasteiger partial charge in [-0.3, -0.25) is 9.59 Å². The first kappa shape index (κ1) is 23.4. The zero-order valence-corrected chi connectivity index (χ0v) is 18.5. The Balaban J connectivity index is 1.62. The molecule has 0 aromatic heterocycles. The molecular weight excluding hydrogens is 364 g/mol. The zero-order valence-electron chi connectivity index (χ0n) is 18.5. The zero-order chi connectivity index (χ0) is 21.3. The Morgan fingerprint density at radius 2 is 1.79 bits per heavy atom. The molecule has 1 aromatic rings.